The molecular formula is C15H23N3O2. The number of hydrogen-bond donors (Lipinski definition) is 2. The van der Waals surface area contributed by atoms with E-state index in [4.69, 9.17) is 0 Å². The third kappa shape index (κ3) is 3.15. The van der Waals surface area contributed by atoms with Crippen molar-refractivity contribution in [1.29, 1.82) is 0 Å². The number of nitrogens with zero attached hydrogens (tertiary/aromatic N) is 2. The smallest absolute Gasteiger partial charge is 0.253 e. The maximum atomic E-state index is 12.4. The number of nitrogens with one attached hydrogen (secondary N) is 1. The van der Waals surface area contributed by atoms with Gasteiger partial charge in [0.25, 0.3) is 5.91 Å². The second-order valence-electron chi connectivity index (χ2n) is 6.06. The van der Waals surface area contributed by atoms with Crippen LogP contribution in [0.25, 0.3) is 0 Å². The summed E-state index contributed by atoms with van der Waals surface area (Å²) >= 11 is 0. The predicted molar refractivity (Wildman–Crippen MR) is 76.4 cm³/mol. The molecule has 1 amide bonds. The molecule has 0 radical (unpaired) electrons. The first kappa shape index (κ1) is 14.9. The van der Waals surface area contributed by atoms with Crippen LogP contribution >= 0.6 is 0 Å². The van der Waals surface area contributed by atoms with Crippen molar-refractivity contribution in [2.45, 2.75) is 52.0 Å². The summed E-state index contributed by atoms with van der Waals surface area (Å²) < 4.78 is 0. The van der Waals surface area contributed by atoms with E-state index in [2.05, 4.69) is 22.4 Å². The van der Waals surface area contributed by atoms with E-state index < -0.39 is 5.54 Å². The van der Waals surface area contributed by atoms with Crippen LogP contribution in [0.1, 0.15) is 54.4 Å². The van der Waals surface area contributed by atoms with Gasteiger partial charge in [0, 0.05) is 0 Å². The van der Waals surface area contributed by atoms with E-state index in [0.29, 0.717) is 17.2 Å². The summed E-state index contributed by atoms with van der Waals surface area (Å²) in [6.45, 7) is 5.79. The van der Waals surface area contributed by atoms with Crippen molar-refractivity contribution in [3.05, 3.63) is 23.0 Å². The molecule has 0 bridgehead atoms. The van der Waals surface area contributed by atoms with E-state index in [1.165, 1.54) is 0 Å². The van der Waals surface area contributed by atoms with Gasteiger partial charge in [-0.3, -0.25) is 4.79 Å². The van der Waals surface area contributed by atoms with Gasteiger partial charge in [0.05, 0.1) is 29.1 Å². The Hall–Kier alpha value is -1.49. The van der Waals surface area contributed by atoms with Gasteiger partial charge in [-0.25, -0.2) is 0 Å². The molecule has 1 heterocycles. The number of aliphatic hydroxyl groups excluding tert-OH is 1. The van der Waals surface area contributed by atoms with Gasteiger partial charge in [0.15, 0.2) is 0 Å². The molecule has 0 aromatic carbocycles. The zero-order valence-corrected chi connectivity index (χ0v) is 12.4. The first-order valence-corrected chi connectivity index (χ1v) is 7.20. The van der Waals surface area contributed by atoms with Gasteiger partial charge in [0.2, 0.25) is 0 Å². The van der Waals surface area contributed by atoms with Crippen LogP contribution in [0, 0.1) is 19.8 Å². The van der Waals surface area contributed by atoms with Crippen LogP contribution in [-0.2, 0) is 0 Å². The minimum absolute atomic E-state index is 0.0119. The zero-order valence-electron chi connectivity index (χ0n) is 12.4. The molecule has 2 N–H and O–H groups in total. The fourth-order valence-electron chi connectivity index (χ4n) is 2.73. The van der Waals surface area contributed by atoms with E-state index in [-0.39, 0.29) is 12.5 Å². The Morgan fingerprint density at radius 2 is 2.05 bits per heavy atom. The molecule has 0 spiro atoms. The lowest BCUT2D eigenvalue weighted by molar-refractivity contribution is 0.0716. The fourth-order valence-corrected chi connectivity index (χ4v) is 2.73. The van der Waals surface area contributed by atoms with Gasteiger partial charge < -0.3 is 10.4 Å². The Bertz CT molecular complexity index is 494. The normalized spacial score (nSPS) is 26.3. The number of aromatic nitrogens is 2. The van der Waals surface area contributed by atoms with Crippen LogP contribution in [-0.4, -0.2) is 33.4 Å². The van der Waals surface area contributed by atoms with Crippen molar-refractivity contribution in [3.8, 4) is 0 Å². The molecule has 5 heteroatoms. The van der Waals surface area contributed by atoms with Gasteiger partial charge in [0.1, 0.15) is 0 Å². The average molecular weight is 277 g/mol. The predicted octanol–water partition coefficient (Wildman–Crippen LogP) is 1.76. The topological polar surface area (TPSA) is 75.1 Å². The highest BCUT2D eigenvalue weighted by molar-refractivity contribution is 5.95. The molecule has 0 unspecified atom stereocenters. The SMILES string of the molecule is Cc1cc(C(=O)NC2(CO)CCC(C)CC2)c(C)nn1. The molecular weight excluding hydrogens is 254 g/mol. The maximum absolute atomic E-state index is 12.4. The fraction of sp³-hybridized carbons (Fsp3) is 0.667. The number of rotatable bonds is 3. The second-order valence-corrected chi connectivity index (χ2v) is 6.06. The first-order chi connectivity index (χ1) is 9.46. The molecule has 1 aromatic heterocycles. The highest BCUT2D eigenvalue weighted by Gasteiger charge is 2.35. The van der Waals surface area contributed by atoms with E-state index in [1.807, 2.05) is 6.92 Å². The number of aryl methyl sites for hydroxylation is 2. The van der Waals surface area contributed by atoms with Crippen molar-refractivity contribution in [2.75, 3.05) is 6.61 Å². The first-order valence-electron chi connectivity index (χ1n) is 7.20. The maximum Gasteiger partial charge on any atom is 0.253 e. The van der Waals surface area contributed by atoms with Crippen molar-refractivity contribution >= 4 is 5.91 Å². The second kappa shape index (κ2) is 5.87. The van der Waals surface area contributed by atoms with Crippen LogP contribution in [0.4, 0.5) is 0 Å². The van der Waals surface area contributed by atoms with Gasteiger partial charge in [-0.15, -0.1) is 0 Å². The molecule has 0 saturated heterocycles. The van der Waals surface area contributed by atoms with Crippen molar-refractivity contribution in [2.24, 2.45) is 5.92 Å². The quantitative estimate of drug-likeness (QED) is 0.883. The van der Waals surface area contributed by atoms with Crippen molar-refractivity contribution in [3.63, 3.8) is 0 Å². The van der Waals surface area contributed by atoms with Crippen molar-refractivity contribution in [1.82, 2.24) is 15.5 Å². The Morgan fingerprint density at radius 3 is 2.65 bits per heavy atom. The standard InChI is InChI=1S/C15H23N3O2/c1-10-4-6-15(9-19,7-5-10)16-14(20)13-8-11(2)17-18-12(13)3/h8,10,19H,4-7,9H2,1-3H3,(H,16,20). The van der Waals surface area contributed by atoms with E-state index >= 15 is 0 Å². The Morgan fingerprint density at radius 1 is 1.40 bits per heavy atom. The molecule has 20 heavy (non-hydrogen) atoms. The molecule has 0 aliphatic heterocycles. The molecule has 1 aliphatic rings. The lowest BCUT2D eigenvalue weighted by atomic mass is 9.77. The number of carbonyl (C=O) groups excluding carboxylic acids is 1. The molecule has 0 atom stereocenters. The third-order valence-electron chi connectivity index (χ3n) is 4.26. The summed E-state index contributed by atoms with van der Waals surface area (Å²) in [6.07, 6.45) is 3.72. The average Bonchev–Trinajstić information content (AvgIpc) is 2.44. The third-order valence-corrected chi connectivity index (χ3v) is 4.26. The number of aliphatic hydroxyl groups is 1. The highest BCUT2D eigenvalue weighted by atomic mass is 16.3. The highest BCUT2D eigenvalue weighted by Crippen LogP contribution is 2.31. The molecule has 110 valence electrons. The summed E-state index contributed by atoms with van der Waals surface area (Å²) in [7, 11) is 0. The molecule has 2 rings (SSSR count). The van der Waals surface area contributed by atoms with Crippen LogP contribution < -0.4 is 5.32 Å². The summed E-state index contributed by atoms with van der Waals surface area (Å²) in [4.78, 5) is 12.4. The lowest BCUT2D eigenvalue weighted by Gasteiger charge is -2.38. The van der Waals surface area contributed by atoms with E-state index in [9.17, 15) is 9.90 Å². The van der Waals surface area contributed by atoms with Gasteiger partial charge in [-0.1, -0.05) is 6.92 Å². The Kier molecular flexibility index (Phi) is 4.38. The van der Waals surface area contributed by atoms with Crippen LogP contribution in [0.5, 0.6) is 0 Å². The zero-order chi connectivity index (χ0) is 14.8. The van der Waals surface area contributed by atoms with Gasteiger partial charge in [-0.2, -0.15) is 10.2 Å². The number of hydrogen-bond acceptors (Lipinski definition) is 4. The van der Waals surface area contributed by atoms with Crippen LogP contribution in [0.15, 0.2) is 6.07 Å². The molecule has 1 aromatic rings. The van der Waals surface area contributed by atoms with E-state index in [0.717, 1.165) is 31.4 Å². The van der Waals surface area contributed by atoms with Crippen LogP contribution in [0.3, 0.4) is 0 Å². The lowest BCUT2D eigenvalue weighted by Crippen LogP contribution is -2.53. The van der Waals surface area contributed by atoms with E-state index in [1.54, 1.807) is 13.0 Å². The largest absolute Gasteiger partial charge is 0.394 e. The van der Waals surface area contributed by atoms with Crippen molar-refractivity contribution < 1.29 is 9.90 Å². The summed E-state index contributed by atoms with van der Waals surface area (Å²) in [6, 6.07) is 1.74. The molecule has 1 fully saturated rings. The van der Waals surface area contributed by atoms with Crippen LogP contribution in [0.2, 0.25) is 0 Å². The molecule has 5 nitrogen and oxygen atoms in total. The Labute approximate surface area is 119 Å². The molecule has 1 aliphatic carbocycles. The molecule has 1 saturated carbocycles. The summed E-state index contributed by atoms with van der Waals surface area (Å²) in [5.41, 5.74) is 1.40. The summed E-state index contributed by atoms with van der Waals surface area (Å²) in [5.74, 6) is 0.502. The minimum atomic E-state index is -0.479. The van der Waals surface area contributed by atoms with Gasteiger partial charge >= 0.3 is 0 Å². The Balaban J connectivity index is 2.15. The summed E-state index contributed by atoms with van der Waals surface area (Å²) in [5, 5.41) is 20.7. The number of carbonyl (C=O) groups is 1. The minimum Gasteiger partial charge on any atom is -0.394 e. The number of amides is 1. The monoisotopic (exact) mass is 277 g/mol. The van der Waals surface area contributed by atoms with Gasteiger partial charge in [-0.05, 0) is 51.5 Å².